The van der Waals surface area contributed by atoms with Crippen molar-refractivity contribution in [3.8, 4) is 0 Å². The molecule has 0 saturated carbocycles. The summed E-state index contributed by atoms with van der Waals surface area (Å²) in [6.45, 7) is 1.29. The molecule has 0 aliphatic heterocycles. The van der Waals surface area contributed by atoms with Gasteiger partial charge >= 0.3 is 0 Å². The van der Waals surface area contributed by atoms with Crippen LogP contribution in [0.15, 0.2) is 90.0 Å². The quantitative estimate of drug-likeness (QED) is 0.518. The van der Waals surface area contributed by atoms with E-state index in [4.69, 9.17) is 0 Å². The number of carbonyl (C=O) groups excluding carboxylic acids is 1. The highest BCUT2D eigenvalue weighted by molar-refractivity contribution is 5.91. The van der Waals surface area contributed by atoms with Crippen LogP contribution < -0.4 is 10.9 Å². The van der Waals surface area contributed by atoms with Crippen LogP contribution in [0.2, 0.25) is 0 Å². The van der Waals surface area contributed by atoms with E-state index in [1.807, 2.05) is 71.5 Å². The fourth-order valence-electron chi connectivity index (χ4n) is 3.16. The lowest BCUT2D eigenvalue weighted by molar-refractivity contribution is 0.0943. The maximum atomic E-state index is 12.7. The monoisotopic (exact) mass is 399 g/mol. The molecule has 2 heterocycles. The first kappa shape index (κ1) is 19.3. The Morgan fingerprint density at radius 1 is 0.867 bits per heavy atom. The van der Waals surface area contributed by atoms with Gasteiger partial charge in [0.2, 0.25) is 0 Å². The van der Waals surface area contributed by atoms with E-state index >= 15 is 0 Å². The molecule has 4 aromatic rings. The van der Waals surface area contributed by atoms with Crippen molar-refractivity contribution in [1.82, 2.24) is 24.9 Å². The summed E-state index contributed by atoms with van der Waals surface area (Å²) in [6, 6.07) is 22.1. The van der Waals surface area contributed by atoms with Crippen LogP contribution in [0.25, 0.3) is 0 Å². The molecule has 1 amide bonds. The third-order valence-corrected chi connectivity index (χ3v) is 4.72. The molecule has 0 spiro atoms. The molecule has 2 aromatic carbocycles. The van der Waals surface area contributed by atoms with E-state index in [0.29, 0.717) is 19.6 Å². The summed E-state index contributed by atoms with van der Waals surface area (Å²) in [4.78, 5) is 24.8. The number of nitrogens with one attached hydrogen (secondary N) is 1. The van der Waals surface area contributed by atoms with Gasteiger partial charge in [0.25, 0.3) is 11.5 Å². The lowest BCUT2D eigenvalue weighted by atomic mass is 10.1. The molecule has 0 aliphatic rings. The van der Waals surface area contributed by atoms with Gasteiger partial charge in [-0.15, -0.1) is 0 Å². The van der Waals surface area contributed by atoms with Crippen molar-refractivity contribution < 1.29 is 4.79 Å². The third kappa shape index (κ3) is 4.70. The van der Waals surface area contributed by atoms with Gasteiger partial charge in [-0.25, -0.2) is 4.68 Å². The first-order valence-electron chi connectivity index (χ1n) is 9.63. The Morgan fingerprint density at radius 3 is 2.40 bits per heavy atom. The predicted molar refractivity (Wildman–Crippen MR) is 113 cm³/mol. The summed E-state index contributed by atoms with van der Waals surface area (Å²) < 4.78 is 3.14. The van der Waals surface area contributed by atoms with Crippen molar-refractivity contribution in [2.45, 2.75) is 19.6 Å². The molecule has 0 radical (unpaired) electrons. The molecule has 4 rings (SSSR count). The molecule has 7 nitrogen and oxygen atoms in total. The largest absolute Gasteiger partial charge is 0.347 e. The van der Waals surface area contributed by atoms with Gasteiger partial charge in [-0.3, -0.25) is 14.3 Å². The lowest BCUT2D eigenvalue weighted by Gasteiger charge is -2.11. The van der Waals surface area contributed by atoms with Gasteiger partial charge in [0.05, 0.1) is 13.1 Å². The van der Waals surface area contributed by atoms with E-state index in [1.165, 1.54) is 16.8 Å². The first-order chi connectivity index (χ1) is 14.7. The van der Waals surface area contributed by atoms with Crippen molar-refractivity contribution in [1.29, 1.82) is 0 Å². The SMILES string of the molecule is O=C(NCc1ccccc1Cn1cccn1)c1ccc(=O)n(Cc2ccccc2)n1. The first-order valence-corrected chi connectivity index (χ1v) is 9.63. The zero-order valence-electron chi connectivity index (χ0n) is 16.3. The number of rotatable bonds is 7. The number of hydrogen-bond acceptors (Lipinski definition) is 4. The number of amides is 1. The van der Waals surface area contributed by atoms with Crippen LogP contribution in [0.4, 0.5) is 0 Å². The Balaban J connectivity index is 1.46. The van der Waals surface area contributed by atoms with Crippen molar-refractivity contribution in [2.75, 3.05) is 0 Å². The van der Waals surface area contributed by atoms with Gasteiger partial charge in [-0.1, -0.05) is 54.6 Å². The Hall–Kier alpha value is -4.00. The molecular weight excluding hydrogens is 378 g/mol. The normalized spacial score (nSPS) is 10.7. The Labute approximate surface area is 173 Å². The summed E-state index contributed by atoms with van der Waals surface area (Å²) in [6.07, 6.45) is 3.63. The molecule has 150 valence electrons. The van der Waals surface area contributed by atoms with Gasteiger partial charge in [-0.2, -0.15) is 10.2 Å². The maximum absolute atomic E-state index is 12.7. The molecule has 0 saturated heterocycles. The lowest BCUT2D eigenvalue weighted by Crippen LogP contribution is -2.30. The second kappa shape index (κ2) is 9.00. The number of benzene rings is 2. The van der Waals surface area contributed by atoms with E-state index in [1.54, 1.807) is 6.20 Å². The summed E-state index contributed by atoms with van der Waals surface area (Å²) in [5, 5.41) is 11.4. The van der Waals surface area contributed by atoms with Crippen molar-refractivity contribution in [2.24, 2.45) is 0 Å². The average molecular weight is 399 g/mol. The Bertz CT molecular complexity index is 1180. The van der Waals surface area contributed by atoms with Crippen molar-refractivity contribution in [3.05, 3.63) is 118 Å². The maximum Gasteiger partial charge on any atom is 0.271 e. The van der Waals surface area contributed by atoms with Crippen LogP contribution in [-0.2, 0) is 19.6 Å². The highest BCUT2D eigenvalue weighted by Gasteiger charge is 2.11. The summed E-state index contributed by atoms with van der Waals surface area (Å²) >= 11 is 0. The van der Waals surface area contributed by atoms with Crippen LogP contribution in [0, 0.1) is 0 Å². The summed E-state index contributed by atoms with van der Waals surface area (Å²) in [5.41, 5.74) is 2.97. The van der Waals surface area contributed by atoms with Crippen molar-refractivity contribution >= 4 is 5.91 Å². The van der Waals surface area contributed by atoms with Gasteiger partial charge in [-0.05, 0) is 28.8 Å². The smallest absolute Gasteiger partial charge is 0.271 e. The summed E-state index contributed by atoms with van der Waals surface area (Å²) in [5.74, 6) is -0.328. The molecule has 7 heteroatoms. The van der Waals surface area contributed by atoms with Gasteiger partial charge < -0.3 is 5.32 Å². The highest BCUT2D eigenvalue weighted by atomic mass is 16.2. The number of nitrogens with zero attached hydrogens (tertiary/aromatic N) is 4. The molecular formula is C23H21N5O2. The summed E-state index contributed by atoms with van der Waals surface area (Å²) in [7, 11) is 0. The highest BCUT2D eigenvalue weighted by Crippen LogP contribution is 2.10. The Morgan fingerprint density at radius 2 is 1.63 bits per heavy atom. The molecule has 0 fully saturated rings. The average Bonchev–Trinajstić information content (AvgIpc) is 3.28. The van der Waals surface area contributed by atoms with Crippen molar-refractivity contribution in [3.63, 3.8) is 0 Å². The van der Waals surface area contributed by atoms with Crippen LogP contribution >= 0.6 is 0 Å². The Kier molecular flexibility index (Phi) is 5.80. The van der Waals surface area contributed by atoms with E-state index in [-0.39, 0.29) is 17.2 Å². The number of carbonyl (C=O) groups is 1. The topological polar surface area (TPSA) is 81.8 Å². The zero-order chi connectivity index (χ0) is 20.8. The molecule has 0 aliphatic carbocycles. The van der Waals surface area contributed by atoms with Gasteiger partial charge in [0.1, 0.15) is 5.69 Å². The van der Waals surface area contributed by atoms with E-state index in [9.17, 15) is 9.59 Å². The fourth-order valence-corrected chi connectivity index (χ4v) is 3.16. The molecule has 0 unspecified atom stereocenters. The van der Waals surface area contributed by atoms with Crippen LogP contribution in [0.5, 0.6) is 0 Å². The standard InChI is InChI=1S/C23H21N5O2/c29-22-12-11-21(26-28(22)16-18-7-2-1-3-8-18)23(30)24-15-19-9-4-5-10-20(19)17-27-14-6-13-25-27/h1-14H,15-17H2,(H,24,30). The molecule has 30 heavy (non-hydrogen) atoms. The number of hydrogen-bond donors (Lipinski definition) is 1. The van der Waals surface area contributed by atoms with Crippen LogP contribution in [0.1, 0.15) is 27.2 Å². The van der Waals surface area contributed by atoms with E-state index in [0.717, 1.165) is 16.7 Å². The molecule has 0 bridgehead atoms. The second-order valence-electron chi connectivity index (χ2n) is 6.86. The van der Waals surface area contributed by atoms with Crippen LogP contribution in [-0.4, -0.2) is 25.5 Å². The minimum Gasteiger partial charge on any atom is -0.347 e. The van der Waals surface area contributed by atoms with Gasteiger partial charge in [0, 0.05) is 25.0 Å². The molecule has 0 atom stereocenters. The molecule has 1 N–H and O–H groups in total. The predicted octanol–water partition coefficient (Wildman–Crippen LogP) is 2.47. The fraction of sp³-hybridized carbons (Fsp3) is 0.130. The minimum absolute atomic E-state index is 0.204. The van der Waals surface area contributed by atoms with Gasteiger partial charge in [0.15, 0.2) is 0 Å². The molecule has 2 aromatic heterocycles. The minimum atomic E-state index is -0.328. The van der Waals surface area contributed by atoms with Crippen LogP contribution in [0.3, 0.4) is 0 Å². The third-order valence-electron chi connectivity index (χ3n) is 4.72. The van der Waals surface area contributed by atoms with E-state index < -0.39 is 0 Å². The second-order valence-corrected chi connectivity index (χ2v) is 6.86. The van der Waals surface area contributed by atoms with E-state index in [2.05, 4.69) is 15.5 Å². The zero-order valence-corrected chi connectivity index (χ0v) is 16.3. The number of aromatic nitrogens is 4.